The smallest absolute Gasteiger partial charge is 0.145 e. The number of nitrogens with zero attached hydrogens (tertiary/aromatic N) is 2. The van der Waals surface area contributed by atoms with Gasteiger partial charge in [0, 0.05) is 31.6 Å². The van der Waals surface area contributed by atoms with Gasteiger partial charge in [-0.1, -0.05) is 65.8 Å². The van der Waals surface area contributed by atoms with E-state index in [0.29, 0.717) is 19.7 Å². The van der Waals surface area contributed by atoms with Crippen LogP contribution in [-0.4, -0.2) is 54.2 Å². The molecule has 0 saturated heterocycles. The molecule has 0 bridgehead atoms. The van der Waals surface area contributed by atoms with Crippen molar-refractivity contribution < 1.29 is 14.7 Å². The van der Waals surface area contributed by atoms with Gasteiger partial charge in [0.05, 0.1) is 25.0 Å². The molecule has 2 aromatic carbocycles. The van der Waals surface area contributed by atoms with Gasteiger partial charge in [-0.2, -0.15) is 0 Å². The van der Waals surface area contributed by atoms with Crippen molar-refractivity contribution in [3.8, 4) is 0 Å². The zero-order valence-corrected chi connectivity index (χ0v) is 17.0. The van der Waals surface area contributed by atoms with Gasteiger partial charge in [-0.25, -0.2) is 0 Å². The van der Waals surface area contributed by atoms with E-state index < -0.39 is 6.10 Å². The van der Waals surface area contributed by atoms with Gasteiger partial charge >= 0.3 is 0 Å². The van der Waals surface area contributed by atoms with E-state index in [2.05, 4.69) is 47.8 Å². The van der Waals surface area contributed by atoms with Crippen LogP contribution in [0.15, 0.2) is 72.4 Å². The van der Waals surface area contributed by atoms with Crippen molar-refractivity contribution in [2.45, 2.75) is 32.1 Å². The molecule has 1 N–H and O–H groups in total. The standard InChI is InChI=1S/C24H30N2O3/c1-3-13-28-18-21(27)16-26(15-20-10-5-4-6-11-20)17-22-14-24(25-29-22)23-12-8-7-9-19(23)2/h3-12,21-22,27H,1,13-18H2,2H3/t21-,22+/m1/s1. The summed E-state index contributed by atoms with van der Waals surface area (Å²) < 4.78 is 5.41. The zero-order chi connectivity index (χ0) is 20.5. The summed E-state index contributed by atoms with van der Waals surface area (Å²) in [7, 11) is 0. The van der Waals surface area contributed by atoms with Gasteiger partial charge in [0.25, 0.3) is 0 Å². The monoisotopic (exact) mass is 394 g/mol. The number of aliphatic hydroxyl groups excluding tert-OH is 1. The molecule has 3 rings (SSSR count). The van der Waals surface area contributed by atoms with Crippen molar-refractivity contribution in [1.82, 2.24) is 4.90 Å². The Bertz CT molecular complexity index is 807. The average Bonchev–Trinajstić information content (AvgIpc) is 3.17. The summed E-state index contributed by atoms with van der Waals surface area (Å²) in [6.45, 7) is 8.38. The molecule has 0 saturated carbocycles. The minimum Gasteiger partial charge on any atom is -0.390 e. The molecule has 0 aliphatic carbocycles. The summed E-state index contributed by atoms with van der Waals surface area (Å²) in [4.78, 5) is 7.95. The van der Waals surface area contributed by atoms with Crippen molar-refractivity contribution >= 4 is 5.71 Å². The lowest BCUT2D eigenvalue weighted by molar-refractivity contribution is 0.00336. The van der Waals surface area contributed by atoms with Crippen LogP contribution in [0.4, 0.5) is 0 Å². The minimum absolute atomic E-state index is 0.0328. The lowest BCUT2D eigenvalue weighted by atomic mass is 10.00. The summed E-state index contributed by atoms with van der Waals surface area (Å²) >= 11 is 0. The third-order valence-corrected chi connectivity index (χ3v) is 4.91. The third kappa shape index (κ3) is 6.53. The first-order chi connectivity index (χ1) is 14.2. The molecule has 2 atom stereocenters. The lowest BCUT2D eigenvalue weighted by Gasteiger charge is -2.27. The first-order valence-electron chi connectivity index (χ1n) is 10.1. The van der Waals surface area contributed by atoms with Crippen molar-refractivity contribution in [1.29, 1.82) is 0 Å². The number of hydrogen-bond acceptors (Lipinski definition) is 5. The summed E-state index contributed by atoms with van der Waals surface area (Å²) in [5.41, 5.74) is 4.53. The van der Waals surface area contributed by atoms with E-state index in [4.69, 9.17) is 9.57 Å². The van der Waals surface area contributed by atoms with Gasteiger partial charge in [-0.05, 0) is 18.1 Å². The summed E-state index contributed by atoms with van der Waals surface area (Å²) in [6, 6.07) is 18.5. The molecular weight excluding hydrogens is 364 g/mol. The Labute approximate surface area is 173 Å². The molecule has 2 aromatic rings. The largest absolute Gasteiger partial charge is 0.390 e. The van der Waals surface area contributed by atoms with Gasteiger partial charge in [0.2, 0.25) is 0 Å². The highest BCUT2D eigenvalue weighted by Crippen LogP contribution is 2.20. The lowest BCUT2D eigenvalue weighted by Crippen LogP contribution is -2.39. The van der Waals surface area contributed by atoms with E-state index in [1.54, 1.807) is 6.08 Å². The van der Waals surface area contributed by atoms with Crippen molar-refractivity contribution in [2.24, 2.45) is 5.16 Å². The predicted molar refractivity (Wildman–Crippen MR) is 116 cm³/mol. The van der Waals surface area contributed by atoms with Crippen molar-refractivity contribution in [3.05, 3.63) is 83.9 Å². The Hall–Kier alpha value is -2.47. The molecule has 1 heterocycles. The molecule has 29 heavy (non-hydrogen) atoms. The fourth-order valence-electron chi connectivity index (χ4n) is 3.55. The first-order valence-corrected chi connectivity index (χ1v) is 10.1. The molecule has 5 heteroatoms. The van der Waals surface area contributed by atoms with Crippen LogP contribution >= 0.6 is 0 Å². The van der Waals surface area contributed by atoms with Crippen LogP contribution in [0.5, 0.6) is 0 Å². The SMILES string of the molecule is C=CCOC[C@H](O)CN(Cc1ccccc1)C[C@@H]1CC(c2ccccc2C)=NO1. The van der Waals surface area contributed by atoms with Crippen LogP contribution in [-0.2, 0) is 16.1 Å². The van der Waals surface area contributed by atoms with Gasteiger partial charge in [-0.3, -0.25) is 4.90 Å². The Balaban J connectivity index is 1.60. The van der Waals surface area contributed by atoms with Crippen molar-refractivity contribution in [2.75, 3.05) is 26.3 Å². The van der Waals surface area contributed by atoms with Crippen LogP contribution in [0.1, 0.15) is 23.1 Å². The maximum absolute atomic E-state index is 10.4. The molecule has 0 unspecified atom stereocenters. The molecule has 0 radical (unpaired) electrons. The topological polar surface area (TPSA) is 54.3 Å². The molecule has 0 fully saturated rings. The van der Waals surface area contributed by atoms with Crippen LogP contribution in [0, 0.1) is 6.92 Å². The second kappa shape index (κ2) is 10.9. The Morgan fingerprint density at radius 2 is 2.00 bits per heavy atom. The quantitative estimate of drug-likeness (QED) is 0.468. The summed E-state index contributed by atoms with van der Waals surface area (Å²) in [6.07, 6.45) is 1.84. The van der Waals surface area contributed by atoms with Gasteiger partial charge < -0.3 is 14.7 Å². The molecule has 154 valence electrons. The maximum atomic E-state index is 10.4. The number of aliphatic hydroxyl groups is 1. The maximum Gasteiger partial charge on any atom is 0.145 e. The minimum atomic E-state index is -0.572. The Morgan fingerprint density at radius 1 is 1.24 bits per heavy atom. The fourth-order valence-corrected chi connectivity index (χ4v) is 3.55. The van der Waals surface area contributed by atoms with E-state index in [0.717, 1.165) is 24.2 Å². The molecule has 0 spiro atoms. The molecule has 5 nitrogen and oxygen atoms in total. The third-order valence-electron chi connectivity index (χ3n) is 4.91. The highest BCUT2D eigenvalue weighted by molar-refractivity contribution is 6.02. The average molecular weight is 395 g/mol. The Morgan fingerprint density at radius 3 is 2.76 bits per heavy atom. The van der Waals surface area contributed by atoms with E-state index in [-0.39, 0.29) is 12.7 Å². The van der Waals surface area contributed by atoms with E-state index in [9.17, 15) is 5.11 Å². The van der Waals surface area contributed by atoms with E-state index in [1.807, 2.05) is 30.3 Å². The number of ether oxygens (including phenoxy) is 1. The molecule has 0 aromatic heterocycles. The highest BCUT2D eigenvalue weighted by atomic mass is 16.6. The van der Waals surface area contributed by atoms with E-state index >= 15 is 0 Å². The number of aryl methyl sites for hydroxylation is 1. The first kappa shape index (κ1) is 21.2. The second-order valence-electron chi connectivity index (χ2n) is 7.44. The van der Waals surface area contributed by atoms with Crippen LogP contribution < -0.4 is 0 Å². The van der Waals surface area contributed by atoms with Crippen LogP contribution in [0.2, 0.25) is 0 Å². The second-order valence-corrected chi connectivity index (χ2v) is 7.44. The number of hydrogen-bond donors (Lipinski definition) is 1. The highest BCUT2D eigenvalue weighted by Gasteiger charge is 2.26. The van der Waals surface area contributed by atoms with Crippen LogP contribution in [0.3, 0.4) is 0 Å². The molecule has 1 aliphatic rings. The normalized spacial score (nSPS) is 17.1. The number of oxime groups is 1. The summed E-state index contributed by atoms with van der Waals surface area (Å²) in [5, 5.41) is 14.7. The van der Waals surface area contributed by atoms with Gasteiger partial charge in [0.15, 0.2) is 0 Å². The Kier molecular flexibility index (Phi) is 7.99. The van der Waals surface area contributed by atoms with Crippen molar-refractivity contribution in [3.63, 3.8) is 0 Å². The number of rotatable bonds is 11. The number of benzene rings is 2. The van der Waals surface area contributed by atoms with E-state index in [1.165, 1.54) is 11.1 Å². The molecule has 1 aliphatic heterocycles. The van der Waals surface area contributed by atoms with Gasteiger partial charge in [0.1, 0.15) is 6.10 Å². The molecular formula is C24H30N2O3. The zero-order valence-electron chi connectivity index (χ0n) is 17.0. The molecule has 0 amide bonds. The van der Waals surface area contributed by atoms with Gasteiger partial charge in [-0.15, -0.1) is 6.58 Å². The predicted octanol–water partition coefficient (Wildman–Crippen LogP) is 3.55. The fraction of sp³-hybridized carbons (Fsp3) is 0.375. The summed E-state index contributed by atoms with van der Waals surface area (Å²) in [5.74, 6) is 0. The van der Waals surface area contributed by atoms with Crippen LogP contribution in [0.25, 0.3) is 0 Å².